The van der Waals surface area contributed by atoms with Gasteiger partial charge in [0, 0.05) is 44.6 Å². The second kappa shape index (κ2) is 9.05. The van der Waals surface area contributed by atoms with Crippen LogP contribution in [-0.2, 0) is 6.54 Å². The molecule has 0 unspecified atom stereocenters. The van der Waals surface area contributed by atoms with Crippen LogP contribution in [-0.4, -0.2) is 41.0 Å². The fraction of sp³-hybridized carbons (Fsp3) is 0.333. The van der Waals surface area contributed by atoms with Crippen molar-refractivity contribution in [2.45, 2.75) is 26.3 Å². The fourth-order valence-electron chi connectivity index (χ4n) is 3.62. The lowest BCUT2D eigenvalue weighted by Gasteiger charge is -2.34. The summed E-state index contributed by atoms with van der Waals surface area (Å²) in [5.74, 6) is 2.17. The zero-order valence-electron chi connectivity index (χ0n) is 17.3. The lowest BCUT2D eigenvalue weighted by atomic mass is 10.0. The van der Waals surface area contributed by atoms with Gasteiger partial charge < -0.3 is 10.2 Å². The van der Waals surface area contributed by atoms with Crippen LogP contribution in [0.1, 0.15) is 30.9 Å². The number of rotatable bonds is 6. The molecule has 150 valence electrons. The summed E-state index contributed by atoms with van der Waals surface area (Å²) in [6.45, 7) is 9.35. The Morgan fingerprint density at radius 1 is 0.897 bits per heavy atom. The van der Waals surface area contributed by atoms with Crippen LogP contribution in [0.2, 0.25) is 0 Å². The van der Waals surface area contributed by atoms with Gasteiger partial charge in [0.2, 0.25) is 5.95 Å². The number of nitrogens with one attached hydrogen (secondary N) is 1. The van der Waals surface area contributed by atoms with Crippen LogP contribution in [0, 0.1) is 0 Å². The van der Waals surface area contributed by atoms with Gasteiger partial charge in [-0.25, -0.2) is 4.98 Å². The Morgan fingerprint density at radius 3 is 2.31 bits per heavy atom. The van der Waals surface area contributed by atoms with E-state index in [2.05, 4.69) is 88.5 Å². The quantitative estimate of drug-likeness (QED) is 0.666. The number of hydrogen-bond donors (Lipinski definition) is 1. The first-order valence-corrected chi connectivity index (χ1v) is 10.4. The van der Waals surface area contributed by atoms with E-state index < -0.39 is 0 Å². The van der Waals surface area contributed by atoms with E-state index >= 15 is 0 Å². The van der Waals surface area contributed by atoms with Gasteiger partial charge in [-0.1, -0.05) is 56.3 Å². The normalized spacial score (nSPS) is 14.9. The van der Waals surface area contributed by atoms with Gasteiger partial charge in [0.25, 0.3) is 0 Å². The predicted octanol–water partition coefficient (Wildman–Crippen LogP) is 4.67. The molecule has 0 amide bonds. The maximum Gasteiger partial charge on any atom is 0.227 e. The first-order chi connectivity index (χ1) is 14.2. The Kier molecular flexibility index (Phi) is 6.06. The Balaban J connectivity index is 1.35. The molecule has 4 rings (SSSR count). The van der Waals surface area contributed by atoms with Crippen LogP contribution in [0.15, 0.2) is 66.9 Å². The second-order valence-electron chi connectivity index (χ2n) is 7.89. The van der Waals surface area contributed by atoms with Gasteiger partial charge in [0.05, 0.1) is 0 Å². The molecule has 0 spiro atoms. The van der Waals surface area contributed by atoms with Crippen molar-refractivity contribution in [3.05, 3.63) is 78.0 Å². The molecule has 0 aliphatic carbocycles. The third-order valence-electron chi connectivity index (χ3n) is 5.40. The average molecular weight is 388 g/mol. The van der Waals surface area contributed by atoms with Crippen LogP contribution in [0.25, 0.3) is 0 Å². The highest BCUT2D eigenvalue weighted by Gasteiger charge is 2.19. The Morgan fingerprint density at radius 2 is 1.62 bits per heavy atom. The summed E-state index contributed by atoms with van der Waals surface area (Å²) in [5.41, 5.74) is 3.76. The summed E-state index contributed by atoms with van der Waals surface area (Å²) < 4.78 is 0. The maximum atomic E-state index is 4.74. The van der Waals surface area contributed by atoms with Gasteiger partial charge in [-0.05, 0) is 35.2 Å². The smallest absolute Gasteiger partial charge is 0.227 e. The molecule has 1 N–H and O–H groups in total. The minimum Gasteiger partial charge on any atom is -0.340 e. The first-order valence-electron chi connectivity index (χ1n) is 10.4. The molecule has 1 aromatic heterocycles. The van der Waals surface area contributed by atoms with Gasteiger partial charge in [-0.2, -0.15) is 4.98 Å². The Hall–Kier alpha value is -2.92. The van der Waals surface area contributed by atoms with Crippen molar-refractivity contribution in [1.82, 2.24) is 14.9 Å². The molecule has 1 fully saturated rings. The number of piperazine rings is 1. The molecule has 1 aliphatic rings. The molecule has 5 heteroatoms. The van der Waals surface area contributed by atoms with Gasteiger partial charge >= 0.3 is 0 Å². The number of nitrogens with zero attached hydrogens (tertiary/aromatic N) is 4. The van der Waals surface area contributed by atoms with E-state index in [1.807, 2.05) is 12.3 Å². The highest BCUT2D eigenvalue weighted by Crippen LogP contribution is 2.21. The number of benzene rings is 2. The SMILES string of the molecule is CC(C)c1ccc(Nc2ccnc(N3CCN(Cc4ccccc4)CC3)n2)cc1. The summed E-state index contributed by atoms with van der Waals surface area (Å²) in [5, 5.41) is 3.40. The third kappa shape index (κ3) is 5.12. The van der Waals surface area contributed by atoms with Crippen molar-refractivity contribution in [3.63, 3.8) is 0 Å². The topological polar surface area (TPSA) is 44.3 Å². The number of hydrogen-bond acceptors (Lipinski definition) is 5. The molecule has 0 saturated carbocycles. The summed E-state index contributed by atoms with van der Waals surface area (Å²) in [4.78, 5) is 14.0. The van der Waals surface area contributed by atoms with Crippen molar-refractivity contribution in [3.8, 4) is 0 Å². The first kappa shape index (κ1) is 19.4. The number of aromatic nitrogens is 2. The van der Waals surface area contributed by atoms with Crippen molar-refractivity contribution < 1.29 is 0 Å². The summed E-state index contributed by atoms with van der Waals surface area (Å²) >= 11 is 0. The van der Waals surface area contributed by atoms with E-state index in [0.29, 0.717) is 5.92 Å². The molecule has 5 nitrogen and oxygen atoms in total. The van der Waals surface area contributed by atoms with Gasteiger partial charge in [0.1, 0.15) is 5.82 Å². The molecular formula is C24H29N5. The summed E-state index contributed by atoms with van der Waals surface area (Å²) in [6.07, 6.45) is 1.84. The van der Waals surface area contributed by atoms with Gasteiger partial charge in [-0.15, -0.1) is 0 Å². The van der Waals surface area contributed by atoms with E-state index in [1.54, 1.807) is 0 Å². The molecule has 2 aromatic carbocycles. The molecule has 29 heavy (non-hydrogen) atoms. The van der Waals surface area contributed by atoms with Crippen molar-refractivity contribution in [2.24, 2.45) is 0 Å². The van der Waals surface area contributed by atoms with E-state index in [9.17, 15) is 0 Å². The molecular weight excluding hydrogens is 358 g/mol. The van der Waals surface area contributed by atoms with E-state index in [0.717, 1.165) is 50.2 Å². The molecule has 0 atom stereocenters. The van der Waals surface area contributed by atoms with E-state index in [4.69, 9.17) is 4.98 Å². The van der Waals surface area contributed by atoms with Gasteiger partial charge in [-0.3, -0.25) is 4.90 Å². The van der Waals surface area contributed by atoms with Crippen molar-refractivity contribution >= 4 is 17.5 Å². The Labute approximate surface area is 173 Å². The molecule has 1 saturated heterocycles. The van der Waals surface area contributed by atoms with Crippen molar-refractivity contribution in [1.29, 1.82) is 0 Å². The van der Waals surface area contributed by atoms with E-state index in [-0.39, 0.29) is 0 Å². The van der Waals surface area contributed by atoms with Gasteiger partial charge in [0.15, 0.2) is 0 Å². The fourth-order valence-corrected chi connectivity index (χ4v) is 3.62. The minimum absolute atomic E-state index is 0.537. The molecule has 2 heterocycles. The lowest BCUT2D eigenvalue weighted by molar-refractivity contribution is 0.248. The Bertz CT molecular complexity index is 900. The van der Waals surface area contributed by atoms with Crippen molar-refractivity contribution in [2.75, 3.05) is 36.4 Å². The highest BCUT2D eigenvalue weighted by molar-refractivity contribution is 5.57. The van der Waals surface area contributed by atoms with Crippen LogP contribution >= 0.6 is 0 Å². The lowest BCUT2D eigenvalue weighted by Crippen LogP contribution is -2.46. The van der Waals surface area contributed by atoms with Crippen LogP contribution in [0.4, 0.5) is 17.5 Å². The minimum atomic E-state index is 0.537. The van der Waals surface area contributed by atoms with E-state index in [1.165, 1.54) is 11.1 Å². The zero-order valence-corrected chi connectivity index (χ0v) is 17.3. The van der Waals surface area contributed by atoms with Crippen LogP contribution in [0.5, 0.6) is 0 Å². The highest BCUT2D eigenvalue weighted by atomic mass is 15.3. The standard InChI is InChI=1S/C24H29N5/c1-19(2)21-8-10-22(11-9-21)26-23-12-13-25-24(27-23)29-16-14-28(15-17-29)18-20-6-4-3-5-7-20/h3-13,19H,14-18H2,1-2H3,(H,25,26,27). The van der Waals surface area contributed by atoms with Crippen LogP contribution < -0.4 is 10.2 Å². The maximum absolute atomic E-state index is 4.74. The number of anilines is 3. The third-order valence-corrected chi connectivity index (χ3v) is 5.40. The zero-order chi connectivity index (χ0) is 20.1. The monoisotopic (exact) mass is 387 g/mol. The average Bonchev–Trinajstić information content (AvgIpc) is 2.76. The second-order valence-corrected chi connectivity index (χ2v) is 7.89. The van der Waals surface area contributed by atoms with Crippen LogP contribution in [0.3, 0.4) is 0 Å². The summed E-state index contributed by atoms with van der Waals surface area (Å²) in [6, 6.07) is 21.1. The summed E-state index contributed by atoms with van der Waals surface area (Å²) in [7, 11) is 0. The molecule has 0 bridgehead atoms. The molecule has 3 aromatic rings. The predicted molar refractivity (Wildman–Crippen MR) is 120 cm³/mol. The molecule has 1 aliphatic heterocycles. The largest absolute Gasteiger partial charge is 0.340 e. The molecule has 0 radical (unpaired) electrons.